The maximum atomic E-state index is 3.28. The summed E-state index contributed by atoms with van der Waals surface area (Å²) in [5.41, 5.74) is 0.526. The molecule has 0 rings (SSSR count). The van der Waals surface area contributed by atoms with Crippen LogP contribution in [0.15, 0.2) is 0 Å². The summed E-state index contributed by atoms with van der Waals surface area (Å²) in [5, 5.41) is 0. The molecule has 0 nitrogen and oxygen atoms in total. The van der Waals surface area contributed by atoms with E-state index in [4.69, 9.17) is 0 Å². The third-order valence-corrected chi connectivity index (χ3v) is 7.01. The second-order valence-electron chi connectivity index (χ2n) is 7.09. The van der Waals surface area contributed by atoms with E-state index in [1.165, 1.54) is 83.5 Å². The van der Waals surface area contributed by atoms with Gasteiger partial charge in [-0.15, -0.1) is 18.5 Å². The van der Waals surface area contributed by atoms with Crippen LogP contribution in [0.3, 0.4) is 0 Å². The number of hydrogen-bond acceptors (Lipinski definition) is 0. The topological polar surface area (TPSA) is 0 Å². The van der Waals surface area contributed by atoms with Gasteiger partial charge in [0.05, 0.1) is 0 Å². The fourth-order valence-electron chi connectivity index (χ4n) is 3.55. The van der Waals surface area contributed by atoms with Crippen LogP contribution in [0.5, 0.6) is 0 Å². The first-order valence-electron chi connectivity index (χ1n) is 9.57. The Morgan fingerprint density at radius 3 is 1.24 bits per heavy atom. The van der Waals surface area contributed by atoms with Crippen LogP contribution < -0.4 is 0 Å². The molecule has 0 aliphatic heterocycles. The SMILES string of the molecule is CCCCCC(P)(P)C(CCCC)(CCCC)CCCC. The molecule has 0 N–H and O–H groups in total. The molecule has 0 aliphatic rings. The van der Waals surface area contributed by atoms with Crippen LogP contribution in [-0.4, -0.2) is 4.90 Å². The largest absolute Gasteiger partial charge is 0.126 e. The Hall–Kier alpha value is 0.860. The third kappa shape index (κ3) is 7.79. The average molecular weight is 332 g/mol. The summed E-state index contributed by atoms with van der Waals surface area (Å²) in [6, 6.07) is 0. The van der Waals surface area contributed by atoms with Gasteiger partial charge < -0.3 is 0 Å². The van der Waals surface area contributed by atoms with Crippen LogP contribution in [0, 0.1) is 5.41 Å². The molecule has 0 aromatic carbocycles. The minimum absolute atomic E-state index is 0.349. The van der Waals surface area contributed by atoms with E-state index < -0.39 is 0 Å². The summed E-state index contributed by atoms with van der Waals surface area (Å²) >= 11 is 0. The molecule has 128 valence electrons. The van der Waals surface area contributed by atoms with Crippen molar-refractivity contribution in [3.63, 3.8) is 0 Å². The molecule has 0 radical (unpaired) electrons. The summed E-state index contributed by atoms with van der Waals surface area (Å²) in [6.45, 7) is 9.34. The lowest BCUT2D eigenvalue weighted by atomic mass is 9.70. The third-order valence-electron chi connectivity index (χ3n) is 5.21. The summed E-state index contributed by atoms with van der Waals surface area (Å²) < 4.78 is 0. The Kier molecular flexibility index (Phi) is 12.8. The van der Waals surface area contributed by atoms with E-state index in [-0.39, 0.29) is 0 Å². The van der Waals surface area contributed by atoms with Gasteiger partial charge in [0, 0.05) is 4.90 Å². The number of unbranched alkanes of at least 4 members (excludes halogenated alkanes) is 5. The second kappa shape index (κ2) is 12.3. The van der Waals surface area contributed by atoms with E-state index in [0.717, 1.165) is 0 Å². The lowest BCUT2D eigenvalue weighted by molar-refractivity contribution is 0.168. The van der Waals surface area contributed by atoms with E-state index in [1.807, 2.05) is 0 Å². The zero-order valence-electron chi connectivity index (χ0n) is 15.3. The maximum absolute atomic E-state index is 3.28. The predicted molar refractivity (Wildman–Crippen MR) is 107 cm³/mol. The van der Waals surface area contributed by atoms with Gasteiger partial charge in [-0.3, -0.25) is 0 Å². The predicted octanol–water partition coefficient (Wildman–Crippen LogP) is 7.57. The number of rotatable bonds is 14. The molecule has 0 aliphatic carbocycles. The molecule has 0 aromatic rings. The molecule has 0 spiro atoms. The Balaban J connectivity index is 5.05. The van der Waals surface area contributed by atoms with Gasteiger partial charge in [-0.1, -0.05) is 85.5 Å². The van der Waals surface area contributed by atoms with Crippen LogP contribution in [0.4, 0.5) is 0 Å². The lowest BCUT2D eigenvalue weighted by Gasteiger charge is -2.48. The highest BCUT2D eigenvalue weighted by Gasteiger charge is 2.42. The van der Waals surface area contributed by atoms with Crippen LogP contribution in [0.2, 0.25) is 0 Å². The monoisotopic (exact) mass is 332 g/mol. The molecule has 2 atom stereocenters. The van der Waals surface area contributed by atoms with E-state index in [0.29, 0.717) is 10.3 Å². The fourth-order valence-corrected chi connectivity index (χ4v) is 4.83. The lowest BCUT2D eigenvalue weighted by Crippen LogP contribution is -2.39. The first kappa shape index (κ1) is 21.9. The summed E-state index contributed by atoms with van der Waals surface area (Å²) in [4.78, 5) is 0.349. The van der Waals surface area contributed by atoms with Crippen molar-refractivity contribution in [3.8, 4) is 0 Å². The number of hydrogen-bond donors (Lipinski definition) is 0. The molecule has 0 bridgehead atoms. The first-order valence-corrected chi connectivity index (χ1v) is 10.7. The van der Waals surface area contributed by atoms with Gasteiger partial charge in [0.15, 0.2) is 0 Å². The zero-order valence-corrected chi connectivity index (χ0v) is 17.7. The van der Waals surface area contributed by atoms with Crippen molar-refractivity contribution in [2.24, 2.45) is 5.41 Å². The van der Waals surface area contributed by atoms with Crippen molar-refractivity contribution in [1.82, 2.24) is 0 Å². The van der Waals surface area contributed by atoms with Crippen molar-refractivity contribution < 1.29 is 0 Å². The fraction of sp³-hybridized carbons (Fsp3) is 1.00. The Morgan fingerprint density at radius 2 is 0.905 bits per heavy atom. The summed E-state index contributed by atoms with van der Waals surface area (Å²) in [6.07, 6.45) is 17.9. The molecule has 0 fully saturated rings. The molecule has 0 heterocycles. The van der Waals surface area contributed by atoms with Gasteiger partial charge >= 0.3 is 0 Å². The average Bonchev–Trinajstić information content (AvgIpc) is 2.46. The Morgan fingerprint density at radius 1 is 0.524 bits per heavy atom. The van der Waals surface area contributed by atoms with Gasteiger partial charge in [-0.05, 0) is 31.1 Å². The molecule has 2 heteroatoms. The van der Waals surface area contributed by atoms with Crippen molar-refractivity contribution in [3.05, 3.63) is 0 Å². The van der Waals surface area contributed by atoms with Crippen molar-refractivity contribution in [2.45, 2.75) is 116 Å². The van der Waals surface area contributed by atoms with Crippen LogP contribution in [0.25, 0.3) is 0 Å². The molecular weight excluding hydrogens is 290 g/mol. The highest BCUT2D eigenvalue weighted by molar-refractivity contribution is 7.40. The van der Waals surface area contributed by atoms with Crippen molar-refractivity contribution in [1.29, 1.82) is 0 Å². The Labute approximate surface area is 140 Å². The van der Waals surface area contributed by atoms with E-state index in [1.54, 1.807) is 0 Å². The van der Waals surface area contributed by atoms with Crippen LogP contribution >= 0.6 is 18.5 Å². The molecule has 0 saturated heterocycles. The normalized spacial score (nSPS) is 12.9. The van der Waals surface area contributed by atoms with Crippen molar-refractivity contribution >= 4 is 18.5 Å². The van der Waals surface area contributed by atoms with Gasteiger partial charge in [0.2, 0.25) is 0 Å². The summed E-state index contributed by atoms with van der Waals surface area (Å²) in [7, 11) is 6.56. The smallest absolute Gasteiger partial charge is 0.00487 e. The molecule has 0 saturated carbocycles. The van der Waals surface area contributed by atoms with E-state index in [9.17, 15) is 0 Å². The first-order chi connectivity index (χ1) is 9.99. The van der Waals surface area contributed by atoms with Gasteiger partial charge in [0.25, 0.3) is 0 Å². The highest BCUT2D eigenvalue weighted by atomic mass is 31.1. The Bertz CT molecular complexity index is 214. The van der Waals surface area contributed by atoms with Crippen LogP contribution in [-0.2, 0) is 0 Å². The van der Waals surface area contributed by atoms with Gasteiger partial charge in [-0.25, -0.2) is 0 Å². The molecular formula is C19H42P2. The van der Waals surface area contributed by atoms with Gasteiger partial charge in [0.1, 0.15) is 0 Å². The quantitative estimate of drug-likeness (QED) is 0.227. The zero-order chi connectivity index (χ0) is 16.2. The highest BCUT2D eigenvalue weighted by Crippen LogP contribution is 2.56. The molecule has 0 aromatic heterocycles. The molecule has 0 amide bonds. The maximum Gasteiger partial charge on any atom is 0.00487 e. The minimum Gasteiger partial charge on any atom is -0.126 e. The standard InChI is InChI=1S/C19H42P2/c1-5-9-13-17-19(20,21)18(14-10-6-2,15-11-7-3)16-12-8-4/h5-17,20-21H2,1-4H3. The second-order valence-corrected chi connectivity index (χ2v) is 9.82. The van der Waals surface area contributed by atoms with Crippen molar-refractivity contribution in [2.75, 3.05) is 0 Å². The van der Waals surface area contributed by atoms with Crippen LogP contribution in [0.1, 0.15) is 111 Å². The molecule has 2 unspecified atom stereocenters. The van der Waals surface area contributed by atoms with E-state index in [2.05, 4.69) is 46.2 Å². The minimum atomic E-state index is 0.349. The van der Waals surface area contributed by atoms with E-state index >= 15 is 0 Å². The summed E-state index contributed by atoms with van der Waals surface area (Å²) in [5.74, 6) is 0. The van der Waals surface area contributed by atoms with Gasteiger partial charge in [-0.2, -0.15) is 0 Å². The molecule has 21 heavy (non-hydrogen) atoms.